The van der Waals surface area contributed by atoms with Gasteiger partial charge in [-0.25, -0.2) is 0 Å². The number of carbonyl (C=O) groups is 1. The molecule has 0 aliphatic rings. The van der Waals surface area contributed by atoms with Crippen molar-refractivity contribution in [2.45, 2.75) is 0 Å². The zero-order valence-electron chi connectivity index (χ0n) is 8.67. The van der Waals surface area contributed by atoms with E-state index in [9.17, 15) is 4.79 Å². The van der Waals surface area contributed by atoms with E-state index in [2.05, 4.69) is 21.9 Å². The topological polar surface area (TPSA) is 75.1 Å². The summed E-state index contributed by atoms with van der Waals surface area (Å²) in [7, 11) is 1.50. The molecule has 80 valence electrons. The minimum Gasteiger partial charge on any atom is -0.496 e. The SMILES string of the molecule is COc1ccc(C#CCN=[N+]=[N-])cc1C=O. The molecule has 1 rings (SSSR count). The van der Waals surface area contributed by atoms with Crippen molar-refractivity contribution in [3.63, 3.8) is 0 Å². The van der Waals surface area contributed by atoms with Gasteiger partial charge in [0, 0.05) is 10.5 Å². The van der Waals surface area contributed by atoms with Crippen molar-refractivity contribution in [2.24, 2.45) is 5.11 Å². The lowest BCUT2D eigenvalue weighted by Gasteiger charge is -2.02. The number of rotatable bonds is 3. The van der Waals surface area contributed by atoms with E-state index in [1.54, 1.807) is 18.2 Å². The smallest absolute Gasteiger partial charge is 0.153 e. The van der Waals surface area contributed by atoms with Crippen LogP contribution in [0.4, 0.5) is 0 Å². The summed E-state index contributed by atoms with van der Waals surface area (Å²) in [6.07, 6.45) is 0.706. The summed E-state index contributed by atoms with van der Waals surface area (Å²) < 4.78 is 4.99. The van der Waals surface area contributed by atoms with Crippen molar-refractivity contribution in [1.29, 1.82) is 0 Å². The summed E-state index contributed by atoms with van der Waals surface area (Å²) in [5.41, 5.74) is 9.16. The van der Waals surface area contributed by atoms with Crippen molar-refractivity contribution in [1.82, 2.24) is 0 Å². The van der Waals surface area contributed by atoms with Crippen LogP contribution in [0.5, 0.6) is 5.75 Å². The van der Waals surface area contributed by atoms with Crippen molar-refractivity contribution >= 4 is 6.29 Å². The lowest BCUT2D eigenvalue weighted by molar-refractivity contribution is 0.112. The van der Waals surface area contributed by atoms with Crippen molar-refractivity contribution in [3.05, 3.63) is 39.8 Å². The number of hydrogen-bond acceptors (Lipinski definition) is 3. The van der Waals surface area contributed by atoms with Gasteiger partial charge in [0.05, 0.1) is 19.2 Å². The van der Waals surface area contributed by atoms with Crippen LogP contribution in [0.1, 0.15) is 15.9 Å². The van der Waals surface area contributed by atoms with Crippen LogP contribution < -0.4 is 4.74 Å². The number of methoxy groups -OCH3 is 1. The molecule has 0 aliphatic carbocycles. The maximum atomic E-state index is 10.7. The number of aldehydes is 1. The molecule has 0 fully saturated rings. The van der Waals surface area contributed by atoms with Crippen LogP contribution in [0.3, 0.4) is 0 Å². The lowest BCUT2D eigenvalue weighted by Crippen LogP contribution is -1.91. The minimum absolute atomic E-state index is 0.110. The van der Waals surface area contributed by atoms with Crippen LogP contribution in [0.15, 0.2) is 23.3 Å². The number of carbonyl (C=O) groups excluding carboxylic acids is 1. The molecule has 0 radical (unpaired) electrons. The predicted molar refractivity (Wildman–Crippen MR) is 59.3 cm³/mol. The molecule has 0 bridgehead atoms. The van der Waals surface area contributed by atoms with E-state index < -0.39 is 0 Å². The Hall–Kier alpha value is -2.44. The van der Waals surface area contributed by atoms with E-state index in [0.29, 0.717) is 23.2 Å². The first-order chi connectivity index (χ1) is 7.81. The van der Waals surface area contributed by atoms with E-state index in [1.165, 1.54) is 7.11 Å². The van der Waals surface area contributed by atoms with Gasteiger partial charge < -0.3 is 4.74 Å². The summed E-state index contributed by atoms with van der Waals surface area (Å²) in [5, 5.41) is 3.28. The molecule has 0 N–H and O–H groups in total. The van der Waals surface area contributed by atoms with Crippen molar-refractivity contribution in [2.75, 3.05) is 13.7 Å². The highest BCUT2D eigenvalue weighted by Crippen LogP contribution is 2.17. The second kappa shape index (κ2) is 6.12. The molecule has 16 heavy (non-hydrogen) atoms. The molecule has 0 unspecified atom stereocenters. The first-order valence-electron chi connectivity index (χ1n) is 4.44. The molecule has 0 aliphatic heterocycles. The van der Waals surface area contributed by atoms with Crippen LogP contribution in [0.25, 0.3) is 10.4 Å². The molecule has 0 atom stereocenters. The fourth-order valence-corrected chi connectivity index (χ4v) is 1.11. The number of azide groups is 1. The molecular weight excluding hydrogens is 206 g/mol. The zero-order valence-corrected chi connectivity index (χ0v) is 8.67. The highest BCUT2D eigenvalue weighted by molar-refractivity contribution is 5.80. The molecule has 0 saturated carbocycles. The third kappa shape index (κ3) is 3.05. The van der Waals surface area contributed by atoms with Crippen LogP contribution in [-0.2, 0) is 0 Å². The van der Waals surface area contributed by atoms with E-state index in [4.69, 9.17) is 10.3 Å². The predicted octanol–water partition coefficient (Wildman–Crippen LogP) is 2.17. The Kier molecular flexibility index (Phi) is 4.45. The van der Waals surface area contributed by atoms with Gasteiger partial charge in [0.25, 0.3) is 0 Å². The summed E-state index contributed by atoms with van der Waals surface area (Å²) in [4.78, 5) is 13.3. The van der Waals surface area contributed by atoms with E-state index in [1.807, 2.05) is 0 Å². The van der Waals surface area contributed by atoms with Crippen LogP contribution in [0, 0.1) is 11.8 Å². The Balaban J connectivity index is 2.93. The van der Waals surface area contributed by atoms with Gasteiger partial charge in [0.1, 0.15) is 5.75 Å². The van der Waals surface area contributed by atoms with Gasteiger partial charge in [-0.15, -0.1) is 0 Å². The summed E-state index contributed by atoms with van der Waals surface area (Å²) in [6.45, 7) is 0.110. The molecule has 5 nitrogen and oxygen atoms in total. The molecule has 0 spiro atoms. The second-order valence-corrected chi connectivity index (χ2v) is 2.77. The number of hydrogen-bond donors (Lipinski definition) is 0. The Morgan fingerprint density at radius 2 is 2.44 bits per heavy atom. The second-order valence-electron chi connectivity index (χ2n) is 2.77. The Morgan fingerprint density at radius 3 is 3.06 bits per heavy atom. The molecular formula is C11H9N3O2. The van der Waals surface area contributed by atoms with E-state index in [0.717, 1.165) is 0 Å². The molecule has 0 saturated heterocycles. The average Bonchev–Trinajstić information content (AvgIpc) is 2.34. The number of ether oxygens (including phenoxy) is 1. The van der Waals surface area contributed by atoms with Gasteiger partial charge in [0.2, 0.25) is 0 Å². The first kappa shape index (κ1) is 11.6. The van der Waals surface area contributed by atoms with Crippen molar-refractivity contribution < 1.29 is 9.53 Å². The molecule has 0 heterocycles. The van der Waals surface area contributed by atoms with Crippen molar-refractivity contribution in [3.8, 4) is 17.6 Å². The zero-order chi connectivity index (χ0) is 11.8. The fraction of sp³-hybridized carbons (Fsp3) is 0.182. The highest BCUT2D eigenvalue weighted by Gasteiger charge is 2.01. The summed E-state index contributed by atoms with van der Waals surface area (Å²) in [5.74, 6) is 5.95. The lowest BCUT2D eigenvalue weighted by atomic mass is 10.1. The Labute approximate surface area is 92.7 Å². The van der Waals surface area contributed by atoms with Crippen LogP contribution >= 0.6 is 0 Å². The average molecular weight is 215 g/mol. The third-order valence-electron chi connectivity index (χ3n) is 1.80. The normalized spacial score (nSPS) is 8.31. The molecule has 1 aromatic rings. The molecule has 1 aromatic carbocycles. The summed E-state index contributed by atoms with van der Waals surface area (Å²) in [6, 6.07) is 5.02. The third-order valence-corrected chi connectivity index (χ3v) is 1.80. The molecule has 5 heteroatoms. The van der Waals surface area contributed by atoms with Gasteiger partial charge in [-0.3, -0.25) is 4.79 Å². The van der Waals surface area contributed by atoms with Gasteiger partial charge in [-0.05, 0) is 23.7 Å². The molecule has 0 aromatic heterocycles. The minimum atomic E-state index is 0.110. The standard InChI is InChI=1S/C11H9N3O2/c1-16-11-5-4-9(7-10(11)8-15)3-2-6-13-14-12/h4-5,7-8H,6H2,1H3. The first-order valence-corrected chi connectivity index (χ1v) is 4.44. The highest BCUT2D eigenvalue weighted by atomic mass is 16.5. The summed E-state index contributed by atoms with van der Waals surface area (Å²) >= 11 is 0. The monoisotopic (exact) mass is 215 g/mol. The molecule has 0 amide bonds. The quantitative estimate of drug-likeness (QED) is 0.255. The maximum absolute atomic E-state index is 10.7. The van der Waals surface area contributed by atoms with E-state index in [-0.39, 0.29) is 6.54 Å². The number of benzene rings is 1. The van der Waals surface area contributed by atoms with Gasteiger partial charge in [-0.2, -0.15) is 0 Å². The Bertz CT molecular complexity index is 494. The van der Waals surface area contributed by atoms with Gasteiger partial charge >= 0.3 is 0 Å². The van der Waals surface area contributed by atoms with Gasteiger partial charge in [-0.1, -0.05) is 17.0 Å². The number of nitrogens with zero attached hydrogens (tertiary/aromatic N) is 3. The van der Waals surface area contributed by atoms with Crippen LogP contribution in [0.2, 0.25) is 0 Å². The van der Waals surface area contributed by atoms with E-state index >= 15 is 0 Å². The largest absolute Gasteiger partial charge is 0.496 e. The fourth-order valence-electron chi connectivity index (χ4n) is 1.11. The maximum Gasteiger partial charge on any atom is 0.153 e. The van der Waals surface area contributed by atoms with Gasteiger partial charge in [0.15, 0.2) is 6.29 Å². The van der Waals surface area contributed by atoms with Crippen LogP contribution in [-0.4, -0.2) is 19.9 Å². The Morgan fingerprint density at radius 1 is 1.62 bits per heavy atom.